The third-order valence-corrected chi connectivity index (χ3v) is 2.36. The van der Waals surface area contributed by atoms with Crippen molar-refractivity contribution in [3.8, 4) is 0 Å². The lowest BCUT2D eigenvalue weighted by atomic mass is 10.1. The maximum atomic E-state index is 10.3. The summed E-state index contributed by atoms with van der Waals surface area (Å²) in [5.41, 5.74) is 0.702. The third kappa shape index (κ3) is 2.90. The van der Waals surface area contributed by atoms with Crippen LogP contribution in [0.2, 0.25) is 10.0 Å². The van der Waals surface area contributed by atoms with Crippen LogP contribution in [0.5, 0.6) is 0 Å². The molecule has 0 atom stereocenters. The average Bonchev–Trinajstić information content (AvgIpc) is 2.03. The molecule has 0 bridgehead atoms. The summed E-state index contributed by atoms with van der Waals surface area (Å²) in [5, 5.41) is 9.51. The van der Waals surface area contributed by atoms with E-state index in [1.807, 2.05) is 0 Å². The summed E-state index contributed by atoms with van der Waals surface area (Å²) in [6.45, 7) is 0. The Morgan fingerprint density at radius 3 is 2.31 bits per heavy atom. The fraction of sp³-hybridized carbons (Fsp3) is 0.222. The molecule has 0 heterocycles. The molecule has 0 aliphatic rings. The summed E-state index contributed by atoms with van der Waals surface area (Å²) in [6.07, 6.45) is 0.414. The fourth-order valence-corrected chi connectivity index (χ4v) is 1.59. The fourth-order valence-electron chi connectivity index (χ4n) is 1.00. The van der Waals surface area contributed by atoms with Crippen LogP contribution in [0.1, 0.15) is 12.0 Å². The molecule has 0 saturated heterocycles. The van der Waals surface area contributed by atoms with Crippen molar-refractivity contribution in [2.75, 3.05) is 0 Å². The quantitative estimate of drug-likeness (QED) is 0.848. The molecule has 0 fully saturated rings. The van der Waals surface area contributed by atoms with E-state index in [-0.39, 0.29) is 6.42 Å². The van der Waals surface area contributed by atoms with Crippen molar-refractivity contribution in [2.24, 2.45) is 0 Å². The van der Waals surface area contributed by atoms with E-state index in [4.69, 9.17) is 28.3 Å². The van der Waals surface area contributed by atoms with Gasteiger partial charge in [-0.2, -0.15) is 0 Å². The first-order chi connectivity index (χ1) is 6.11. The summed E-state index contributed by atoms with van der Waals surface area (Å²) in [6, 6.07) is 5.13. The van der Waals surface area contributed by atoms with Gasteiger partial charge in [-0.1, -0.05) is 29.3 Å². The lowest BCUT2D eigenvalue weighted by Crippen LogP contribution is -1.98. The van der Waals surface area contributed by atoms with Gasteiger partial charge in [-0.05, 0) is 24.1 Å². The molecule has 0 saturated carbocycles. The van der Waals surface area contributed by atoms with E-state index < -0.39 is 5.97 Å². The molecule has 2 nitrogen and oxygen atoms in total. The number of benzene rings is 1. The zero-order valence-corrected chi connectivity index (χ0v) is 8.27. The molecule has 0 spiro atoms. The molecule has 4 heteroatoms. The average molecular weight is 219 g/mol. The molecular formula is C9H8Cl2O2. The first kappa shape index (κ1) is 10.4. The SMILES string of the molecule is O=C(O)CCc1c(Cl)cccc1Cl. The van der Waals surface area contributed by atoms with Crippen molar-refractivity contribution in [1.29, 1.82) is 0 Å². The second-order valence-corrected chi connectivity index (χ2v) is 3.41. The van der Waals surface area contributed by atoms with Gasteiger partial charge in [0.15, 0.2) is 0 Å². The van der Waals surface area contributed by atoms with E-state index >= 15 is 0 Å². The van der Waals surface area contributed by atoms with Crippen LogP contribution in [0.4, 0.5) is 0 Å². The van der Waals surface area contributed by atoms with Crippen molar-refractivity contribution in [3.63, 3.8) is 0 Å². The number of halogens is 2. The van der Waals surface area contributed by atoms with Gasteiger partial charge in [0.25, 0.3) is 0 Å². The number of hydrogen-bond acceptors (Lipinski definition) is 1. The molecule has 1 rings (SSSR count). The first-order valence-electron chi connectivity index (χ1n) is 3.76. The van der Waals surface area contributed by atoms with Gasteiger partial charge in [-0.15, -0.1) is 0 Å². The highest BCUT2D eigenvalue weighted by molar-refractivity contribution is 6.36. The standard InChI is InChI=1S/C9H8Cl2O2/c10-7-2-1-3-8(11)6(7)4-5-9(12)13/h1-3H,4-5H2,(H,12,13). The van der Waals surface area contributed by atoms with Gasteiger partial charge in [0.1, 0.15) is 0 Å². The number of hydrogen-bond donors (Lipinski definition) is 1. The normalized spacial score (nSPS) is 10.0. The third-order valence-electron chi connectivity index (χ3n) is 1.65. The minimum atomic E-state index is -0.851. The van der Waals surface area contributed by atoms with Crippen LogP contribution in [-0.2, 0) is 11.2 Å². The Hall–Kier alpha value is -0.730. The van der Waals surface area contributed by atoms with Crippen LogP contribution < -0.4 is 0 Å². The first-order valence-corrected chi connectivity index (χ1v) is 4.51. The molecule has 0 aliphatic carbocycles. The number of carbonyl (C=O) groups is 1. The number of rotatable bonds is 3. The molecule has 0 aromatic heterocycles. The van der Waals surface area contributed by atoms with E-state index in [1.54, 1.807) is 18.2 Å². The Kier molecular flexibility index (Phi) is 3.58. The maximum absolute atomic E-state index is 10.3. The molecule has 0 aliphatic heterocycles. The van der Waals surface area contributed by atoms with Crippen LogP contribution >= 0.6 is 23.2 Å². The monoisotopic (exact) mass is 218 g/mol. The van der Waals surface area contributed by atoms with E-state index in [0.29, 0.717) is 22.0 Å². The summed E-state index contributed by atoms with van der Waals surface area (Å²) in [4.78, 5) is 10.3. The molecule has 1 aromatic carbocycles. The van der Waals surface area contributed by atoms with Gasteiger partial charge in [0, 0.05) is 16.5 Å². The topological polar surface area (TPSA) is 37.3 Å². The predicted molar refractivity (Wildman–Crippen MR) is 52.4 cm³/mol. The van der Waals surface area contributed by atoms with Gasteiger partial charge in [0.2, 0.25) is 0 Å². The number of aliphatic carboxylic acids is 1. The predicted octanol–water partition coefficient (Wildman–Crippen LogP) is 3.01. The lowest BCUT2D eigenvalue weighted by Gasteiger charge is -2.03. The van der Waals surface area contributed by atoms with Gasteiger partial charge >= 0.3 is 5.97 Å². The van der Waals surface area contributed by atoms with Gasteiger partial charge < -0.3 is 5.11 Å². The van der Waals surface area contributed by atoms with Crippen molar-refractivity contribution >= 4 is 29.2 Å². The summed E-state index contributed by atoms with van der Waals surface area (Å²) in [5.74, 6) is -0.851. The highest BCUT2D eigenvalue weighted by atomic mass is 35.5. The second-order valence-electron chi connectivity index (χ2n) is 2.59. The van der Waals surface area contributed by atoms with Crippen LogP contribution in [0.3, 0.4) is 0 Å². The van der Waals surface area contributed by atoms with Crippen LogP contribution in [0, 0.1) is 0 Å². The van der Waals surface area contributed by atoms with Crippen molar-refractivity contribution in [1.82, 2.24) is 0 Å². The molecule has 70 valence electrons. The minimum absolute atomic E-state index is 0.0451. The Balaban J connectivity index is 2.81. The van der Waals surface area contributed by atoms with Crippen LogP contribution in [0.15, 0.2) is 18.2 Å². The number of carboxylic acids is 1. The molecule has 0 radical (unpaired) electrons. The van der Waals surface area contributed by atoms with Crippen LogP contribution in [-0.4, -0.2) is 11.1 Å². The zero-order chi connectivity index (χ0) is 9.84. The molecule has 1 N–H and O–H groups in total. The van der Waals surface area contributed by atoms with E-state index in [0.717, 1.165) is 0 Å². The van der Waals surface area contributed by atoms with E-state index in [1.165, 1.54) is 0 Å². The van der Waals surface area contributed by atoms with Gasteiger partial charge in [0.05, 0.1) is 0 Å². The summed E-state index contributed by atoms with van der Waals surface area (Å²) < 4.78 is 0. The van der Waals surface area contributed by atoms with Crippen LogP contribution in [0.25, 0.3) is 0 Å². The van der Waals surface area contributed by atoms with Gasteiger partial charge in [-0.3, -0.25) is 4.79 Å². The Bertz CT molecular complexity index is 303. The molecular weight excluding hydrogens is 211 g/mol. The molecule has 1 aromatic rings. The molecule has 0 unspecified atom stereocenters. The van der Waals surface area contributed by atoms with Gasteiger partial charge in [-0.25, -0.2) is 0 Å². The van der Waals surface area contributed by atoms with Crippen molar-refractivity contribution in [3.05, 3.63) is 33.8 Å². The lowest BCUT2D eigenvalue weighted by molar-refractivity contribution is -0.136. The van der Waals surface area contributed by atoms with Crippen molar-refractivity contribution < 1.29 is 9.90 Å². The smallest absolute Gasteiger partial charge is 0.303 e. The minimum Gasteiger partial charge on any atom is -0.481 e. The molecule has 13 heavy (non-hydrogen) atoms. The van der Waals surface area contributed by atoms with E-state index in [2.05, 4.69) is 0 Å². The Morgan fingerprint density at radius 1 is 1.31 bits per heavy atom. The Labute approximate surface area is 86.1 Å². The van der Waals surface area contributed by atoms with Crippen molar-refractivity contribution in [2.45, 2.75) is 12.8 Å². The largest absolute Gasteiger partial charge is 0.481 e. The highest BCUT2D eigenvalue weighted by Gasteiger charge is 2.06. The second kappa shape index (κ2) is 4.49. The highest BCUT2D eigenvalue weighted by Crippen LogP contribution is 2.25. The Morgan fingerprint density at radius 2 is 1.85 bits per heavy atom. The summed E-state index contributed by atoms with van der Waals surface area (Å²) in [7, 11) is 0. The van der Waals surface area contributed by atoms with E-state index in [9.17, 15) is 4.79 Å². The summed E-state index contributed by atoms with van der Waals surface area (Å²) >= 11 is 11.7. The zero-order valence-electron chi connectivity index (χ0n) is 6.76. The number of carboxylic acid groups (broad SMARTS) is 1. The maximum Gasteiger partial charge on any atom is 0.303 e. The molecule has 0 amide bonds.